The number of aryl methyl sites for hydroxylation is 1. The first-order valence-corrected chi connectivity index (χ1v) is 12.1. The molecule has 0 spiro atoms. The largest absolute Gasteiger partial charge is 0.507 e. The summed E-state index contributed by atoms with van der Waals surface area (Å²) in [7, 11) is 1.54. The van der Waals surface area contributed by atoms with Crippen LogP contribution >= 0.6 is 11.6 Å². The number of amides is 1. The SMILES string of the molecule is CCCOc1ccc(C2/C(=C(/O)c3ccc(Cl)cc3)C(=O)C(=O)N2CCCn2ccnc2)cc1OC. The quantitative estimate of drug-likeness (QED) is 0.238. The van der Waals surface area contributed by atoms with Crippen molar-refractivity contribution in [3.63, 3.8) is 0 Å². The molecule has 1 atom stereocenters. The second-order valence-electron chi connectivity index (χ2n) is 8.41. The Kier molecular flexibility index (Phi) is 7.95. The molecule has 4 rings (SSSR count). The number of carbonyl (C=O) groups excluding carboxylic acids is 2. The van der Waals surface area contributed by atoms with Crippen LogP contribution in [0.15, 0.2) is 66.8 Å². The Labute approximate surface area is 214 Å². The molecule has 2 aromatic carbocycles. The van der Waals surface area contributed by atoms with Crippen LogP contribution in [0.4, 0.5) is 0 Å². The van der Waals surface area contributed by atoms with E-state index < -0.39 is 17.7 Å². The smallest absolute Gasteiger partial charge is 0.295 e. The summed E-state index contributed by atoms with van der Waals surface area (Å²) in [5, 5.41) is 11.7. The van der Waals surface area contributed by atoms with E-state index in [9.17, 15) is 14.7 Å². The summed E-state index contributed by atoms with van der Waals surface area (Å²) in [6.07, 6.45) is 6.66. The molecule has 1 amide bonds. The highest BCUT2D eigenvalue weighted by atomic mass is 35.5. The molecule has 0 saturated carbocycles. The van der Waals surface area contributed by atoms with E-state index in [1.54, 1.807) is 55.0 Å². The highest BCUT2D eigenvalue weighted by Gasteiger charge is 2.46. The number of likely N-dealkylation sites (tertiary alicyclic amines) is 1. The van der Waals surface area contributed by atoms with Crippen molar-refractivity contribution in [2.24, 2.45) is 0 Å². The van der Waals surface area contributed by atoms with E-state index in [1.807, 2.05) is 17.7 Å². The average molecular weight is 510 g/mol. The van der Waals surface area contributed by atoms with E-state index in [0.717, 1.165) is 6.42 Å². The first-order chi connectivity index (χ1) is 17.4. The second-order valence-corrected chi connectivity index (χ2v) is 8.85. The van der Waals surface area contributed by atoms with Crippen LogP contribution in [0.1, 0.15) is 36.9 Å². The number of rotatable bonds is 10. The Morgan fingerprint density at radius 3 is 2.56 bits per heavy atom. The summed E-state index contributed by atoms with van der Waals surface area (Å²) < 4.78 is 13.2. The van der Waals surface area contributed by atoms with E-state index in [0.29, 0.717) is 53.8 Å². The van der Waals surface area contributed by atoms with Gasteiger partial charge in [0.2, 0.25) is 0 Å². The van der Waals surface area contributed by atoms with Crippen molar-refractivity contribution >= 4 is 29.1 Å². The molecule has 8 nitrogen and oxygen atoms in total. The van der Waals surface area contributed by atoms with Crippen LogP contribution in [0.5, 0.6) is 11.5 Å². The molecule has 0 radical (unpaired) electrons. The number of methoxy groups -OCH3 is 1. The van der Waals surface area contributed by atoms with Crippen LogP contribution in [0.25, 0.3) is 5.76 Å². The van der Waals surface area contributed by atoms with Crippen molar-refractivity contribution in [1.82, 2.24) is 14.5 Å². The maximum Gasteiger partial charge on any atom is 0.295 e. The first-order valence-electron chi connectivity index (χ1n) is 11.8. The van der Waals surface area contributed by atoms with E-state index in [4.69, 9.17) is 21.1 Å². The number of ketones is 1. The first kappa shape index (κ1) is 25.3. The van der Waals surface area contributed by atoms with Crippen LogP contribution in [-0.4, -0.2) is 51.5 Å². The molecule has 1 N–H and O–H groups in total. The molecule has 1 aromatic heterocycles. The van der Waals surface area contributed by atoms with Crippen LogP contribution < -0.4 is 9.47 Å². The fraction of sp³-hybridized carbons (Fsp3) is 0.296. The number of benzene rings is 2. The Hall–Kier alpha value is -3.78. The van der Waals surface area contributed by atoms with Gasteiger partial charge in [-0.15, -0.1) is 0 Å². The lowest BCUT2D eigenvalue weighted by molar-refractivity contribution is -0.139. The zero-order valence-electron chi connectivity index (χ0n) is 20.2. The molecule has 1 saturated heterocycles. The molecule has 2 heterocycles. The standard InChI is InChI=1S/C27H28ClN3O5/c1-3-15-36-21-10-7-19(16-22(21)35-2)24-23(25(32)18-5-8-20(28)9-6-18)26(33)27(34)31(24)13-4-12-30-14-11-29-17-30/h5-11,14,16-17,24,32H,3-4,12-13,15H2,1-2H3/b25-23-. The third kappa shape index (κ3) is 5.23. The summed E-state index contributed by atoms with van der Waals surface area (Å²) in [5.74, 6) is -0.599. The Morgan fingerprint density at radius 1 is 1.11 bits per heavy atom. The molecule has 1 aliphatic rings. The van der Waals surface area contributed by atoms with Gasteiger partial charge in [-0.05, 0) is 54.8 Å². The summed E-state index contributed by atoms with van der Waals surface area (Å²) in [5.41, 5.74) is 1.05. The highest BCUT2D eigenvalue weighted by Crippen LogP contribution is 2.42. The minimum Gasteiger partial charge on any atom is -0.507 e. The van der Waals surface area contributed by atoms with Gasteiger partial charge in [-0.1, -0.05) is 24.6 Å². The van der Waals surface area contributed by atoms with E-state index in [1.165, 1.54) is 12.0 Å². The number of nitrogens with zero attached hydrogens (tertiary/aromatic N) is 3. The number of hydrogen-bond donors (Lipinski definition) is 1. The number of aliphatic hydroxyl groups is 1. The van der Waals surface area contributed by atoms with E-state index >= 15 is 0 Å². The van der Waals surface area contributed by atoms with Crippen LogP contribution in [0, 0.1) is 0 Å². The van der Waals surface area contributed by atoms with Gasteiger partial charge in [0, 0.05) is 36.1 Å². The molecule has 188 valence electrons. The number of Topliss-reactive ketones (excluding diaryl/α,β-unsaturated/α-hetero) is 1. The monoisotopic (exact) mass is 509 g/mol. The third-order valence-electron chi connectivity index (χ3n) is 6.00. The summed E-state index contributed by atoms with van der Waals surface area (Å²) in [4.78, 5) is 31.9. The molecular formula is C27H28ClN3O5. The van der Waals surface area contributed by atoms with Crippen molar-refractivity contribution in [3.05, 3.63) is 82.9 Å². The molecule has 0 aliphatic carbocycles. The zero-order valence-corrected chi connectivity index (χ0v) is 20.9. The number of halogens is 1. The number of hydrogen-bond acceptors (Lipinski definition) is 6. The normalized spacial score (nSPS) is 17.0. The second kappa shape index (κ2) is 11.3. The number of aromatic nitrogens is 2. The summed E-state index contributed by atoms with van der Waals surface area (Å²) in [6, 6.07) is 11.0. The number of carbonyl (C=O) groups is 2. The molecule has 9 heteroatoms. The Morgan fingerprint density at radius 2 is 1.89 bits per heavy atom. The predicted octanol–water partition coefficient (Wildman–Crippen LogP) is 4.85. The number of ether oxygens (including phenoxy) is 2. The van der Waals surface area contributed by atoms with Gasteiger partial charge in [0.15, 0.2) is 11.5 Å². The van der Waals surface area contributed by atoms with Gasteiger partial charge in [-0.3, -0.25) is 9.59 Å². The number of aliphatic hydroxyl groups excluding tert-OH is 1. The van der Waals surface area contributed by atoms with Crippen molar-refractivity contribution in [1.29, 1.82) is 0 Å². The van der Waals surface area contributed by atoms with Gasteiger partial charge < -0.3 is 24.0 Å². The maximum atomic E-state index is 13.2. The van der Waals surface area contributed by atoms with Gasteiger partial charge in [-0.25, -0.2) is 4.98 Å². The highest BCUT2D eigenvalue weighted by molar-refractivity contribution is 6.46. The number of imidazole rings is 1. The Balaban J connectivity index is 1.75. The van der Waals surface area contributed by atoms with Crippen LogP contribution in [0.2, 0.25) is 5.02 Å². The minimum atomic E-state index is -0.794. The Bertz CT molecular complexity index is 1250. The summed E-state index contributed by atoms with van der Waals surface area (Å²) >= 11 is 6.00. The van der Waals surface area contributed by atoms with Crippen LogP contribution in [-0.2, 0) is 16.1 Å². The van der Waals surface area contributed by atoms with Crippen molar-refractivity contribution in [2.45, 2.75) is 32.4 Å². The lowest BCUT2D eigenvalue weighted by Gasteiger charge is -2.26. The molecule has 1 fully saturated rings. The molecular weight excluding hydrogens is 482 g/mol. The van der Waals surface area contributed by atoms with Gasteiger partial charge in [-0.2, -0.15) is 0 Å². The van der Waals surface area contributed by atoms with Gasteiger partial charge in [0.1, 0.15) is 5.76 Å². The third-order valence-corrected chi connectivity index (χ3v) is 6.25. The zero-order chi connectivity index (χ0) is 25.7. The molecule has 1 aliphatic heterocycles. The average Bonchev–Trinajstić information content (AvgIpc) is 3.49. The van der Waals surface area contributed by atoms with Crippen molar-refractivity contribution < 1.29 is 24.2 Å². The van der Waals surface area contributed by atoms with Crippen molar-refractivity contribution in [3.8, 4) is 11.5 Å². The summed E-state index contributed by atoms with van der Waals surface area (Å²) in [6.45, 7) is 3.47. The topological polar surface area (TPSA) is 93.9 Å². The van der Waals surface area contributed by atoms with Gasteiger partial charge >= 0.3 is 0 Å². The lowest BCUT2D eigenvalue weighted by atomic mass is 9.95. The molecule has 1 unspecified atom stereocenters. The lowest BCUT2D eigenvalue weighted by Crippen LogP contribution is -2.31. The molecule has 36 heavy (non-hydrogen) atoms. The van der Waals surface area contributed by atoms with Crippen LogP contribution in [0.3, 0.4) is 0 Å². The van der Waals surface area contributed by atoms with E-state index in [-0.39, 0.29) is 11.3 Å². The molecule has 3 aromatic rings. The fourth-order valence-electron chi connectivity index (χ4n) is 4.25. The van der Waals surface area contributed by atoms with E-state index in [2.05, 4.69) is 4.98 Å². The minimum absolute atomic E-state index is 0.0224. The maximum absolute atomic E-state index is 13.2. The van der Waals surface area contributed by atoms with Gasteiger partial charge in [0.05, 0.1) is 31.7 Å². The van der Waals surface area contributed by atoms with Crippen molar-refractivity contribution in [2.75, 3.05) is 20.3 Å². The predicted molar refractivity (Wildman–Crippen MR) is 136 cm³/mol. The van der Waals surface area contributed by atoms with Gasteiger partial charge in [0.25, 0.3) is 11.7 Å². The fourth-order valence-corrected chi connectivity index (χ4v) is 4.37. The molecule has 0 bridgehead atoms.